The Kier molecular flexibility index (Phi) is 16.3. The molecule has 9 nitrogen and oxygen atoms in total. The van der Waals surface area contributed by atoms with E-state index in [-0.39, 0.29) is 43.1 Å². The van der Waals surface area contributed by atoms with Crippen molar-refractivity contribution in [3.8, 4) is 11.5 Å². The Balaban J connectivity index is 2.71. The maximum absolute atomic E-state index is 13.2. The molecule has 40 heavy (non-hydrogen) atoms. The lowest BCUT2D eigenvalue weighted by atomic mass is 9.94. The smallest absolute Gasteiger partial charge is 0.243 e. The third-order valence-electron chi connectivity index (χ3n) is 7.11. The molecule has 0 aliphatic rings. The fraction of sp³-hybridized carbons (Fsp3) is 0.710. The molecule has 0 aliphatic carbocycles. The minimum atomic E-state index is -1.01. The van der Waals surface area contributed by atoms with Crippen LogP contribution in [-0.4, -0.2) is 67.2 Å². The number of hydrogen-bond acceptors (Lipinski definition) is 6. The standard InChI is InChI=1S/C31H53N3O6/c1-8-9-10-11-12-13-14-28(36)32-26(19-23(2)3)30(38)33-31(4,22-35)18-17-29(37)34(5)21-24-15-16-25(39-6)20-27(24)40-7/h15-16,20,23,26,35H,8-14,17-19,21-22H2,1-7H3,(H,32,36)(H,33,38). The number of hydrogen-bond donors (Lipinski definition) is 3. The van der Waals surface area contributed by atoms with Crippen LogP contribution in [0.3, 0.4) is 0 Å². The highest BCUT2D eigenvalue weighted by molar-refractivity contribution is 5.88. The van der Waals surface area contributed by atoms with Gasteiger partial charge in [0.25, 0.3) is 0 Å². The Bertz CT molecular complexity index is 922. The van der Waals surface area contributed by atoms with Gasteiger partial charge < -0.3 is 30.1 Å². The van der Waals surface area contributed by atoms with Crippen LogP contribution in [0.5, 0.6) is 11.5 Å². The average Bonchev–Trinajstić information content (AvgIpc) is 2.93. The van der Waals surface area contributed by atoms with Gasteiger partial charge >= 0.3 is 0 Å². The van der Waals surface area contributed by atoms with Gasteiger partial charge in [0.2, 0.25) is 17.7 Å². The summed E-state index contributed by atoms with van der Waals surface area (Å²) in [5, 5.41) is 15.9. The van der Waals surface area contributed by atoms with Crippen LogP contribution in [0.1, 0.15) is 97.5 Å². The van der Waals surface area contributed by atoms with Crippen LogP contribution in [0, 0.1) is 5.92 Å². The molecular weight excluding hydrogens is 510 g/mol. The number of benzene rings is 1. The number of methoxy groups -OCH3 is 2. The zero-order valence-corrected chi connectivity index (χ0v) is 25.8. The van der Waals surface area contributed by atoms with Gasteiger partial charge in [-0.1, -0.05) is 52.9 Å². The average molecular weight is 564 g/mol. The van der Waals surface area contributed by atoms with Crippen molar-refractivity contribution in [3.05, 3.63) is 23.8 Å². The zero-order chi connectivity index (χ0) is 30.1. The van der Waals surface area contributed by atoms with E-state index < -0.39 is 11.6 Å². The SMILES string of the molecule is CCCCCCCCC(=O)NC(CC(C)C)C(=O)NC(C)(CO)CCC(=O)N(C)Cc1ccc(OC)cc1OC. The number of nitrogens with one attached hydrogen (secondary N) is 2. The molecule has 0 fully saturated rings. The van der Waals surface area contributed by atoms with Gasteiger partial charge in [0.15, 0.2) is 0 Å². The normalized spacial score (nSPS) is 13.3. The minimum Gasteiger partial charge on any atom is -0.497 e. The van der Waals surface area contributed by atoms with Crippen molar-refractivity contribution in [1.29, 1.82) is 0 Å². The Hall–Kier alpha value is -2.81. The number of nitrogens with zero attached hydrogens (tertiary/aromatic N) is 1. The second kappa shape index (κ2) is 18.5. The lowest BCUT2D eigenvalue weighted by Crippen LogP contribution is -2.56. The van der Waals surface area contributed by atoms with Crippen molar-refractivity contribution >= 4 is 17.7 Å². The molecular formula is C31H53N3O6. The van der Waals surface area contributed by atoms with Gasteiger partial charge in [-0.15, -0.1) is 0 Å². The van der Waals surface area contributed by atoms with Gasteiger partial charge in [-0.25, -0.2) is 0 Å². The molecule has 9 heteroatoms. The minimum absolute atomic E-state index is 0.127. The van der Waals surface area contributed by atoms with Crippen molar-refractivity contribution in [3.63, 3.8) is 0 Å². The van der Waals surface area contributed by atoms with Crippen molar-refractivity contribution in [2.75, 3.05) is 27.9 Å². The van der Waals surface area contributed by atoms with Crippen LogP contribution >= 0.6 is 0 Å². The number of unbranched alkanes of at least 4 members (excludes halogenated alkanes) is 5. The second-order valence-electron chi connectivity index (χ2n) is 11.4. The lowest BCUT2D eigenvalue weighted by Gasteiger charge is -2.32. The molecule has 0 radical (unpaired) electrons. The molecule has 228 valence electrons. The Morgan fingerprint density at radius 1 is 1.02 bits per heavy atom. The van der Waals surface area contributed by atoms with Crippen molar-refractivity contribution in [2.24, 2.45) is 5.92 Å². The molecule has 3 amide bonds. The zero-order valence-electron chi connectivity index (χ0n) is 25.8. The van der Waals surface area contributed by atoms with Crippen molar-refractivity contribution in [1.82, 2.24) is 15.5 Å². The first-order chi connectivity index (χ1) is 19.0. The molecule has 0 saturated heterocycles. The van der Waals surface area contributed by atoms with Gasteiger partial charge in [0.1, 0.15) is 17.5 Å². The third kappa shape index (κ3) is 13.0. The van der Waals surface area contributed by atoms with E-state index in [9.17, 15) is 19.5 Å². The van der Waals surface area contributed by atoms with Gasteiger partial charge in [-0.2, -0.15) is 0 Å². The van der Waals surface area contributed by atoms with Gasteiger partial charge in [0, 0.05) is 38.1 Å². The molecule has 1 aromatic rings. The highest BCUT2D eigenvalue weighted by Gasteiger charge is 2.31. The van der Waals surface area contributed by atoms with Crippen LogP contribution in [0.4, 0.5) is 0 Å². The predicted octanol–water partition coefficient (Wildman–Crippen LogP) is 4.59. The van der Waals surface area contributed by atoms with E-state index in [4.69, 9.17) is 9.47 Å². The summed E-state index contributed by atoms with van der Waals surface area (Å²) in [6, 6.07) is 4.75. The summed E-state index contributed by atoms with van der Waals surface area (Å²) in [5.41, 5.74) is -0.171. The number of aliphatic hydroxyl groups excluding tert-OH is 1. The van der Waals surface area contributed by atoms with E-state index in [1.807, 2.05) is 26.0 Å². The molecule has 0 saturated carbocycles. The molecule has 1 aromatic carbocycles. The quantitative estimate of drug-likeness (QED) is 0.200. The fourth-order valence-corrected chi connectivity index (χ4v) is 4.50. The van der Waals surface area contributed by atoms with E-state index in [1.165, 1.54) is 19.3 Å². The molecule has 0 heterocycles. The molecule has 0 spiro atoms. The summed E-state index contributed by atoms with van der Waals surface area (Å²) < 4.78 is 10.7. The molecule has 3 N–H and O–H groups in total. The fourth-order valence-electron chi connectivity index (χ4n) is 4.50. The number of ether oxygens (including phenoxy) is 2. The van der Waals surface area contributed by atoms with Crippen molar-refractivity contribution < 1.29 is 29.0 Å². The first-order valence-corrected chi connectivity index (χ1v) is 14.7. The van der Waals surface area contributed by atoms with E-state index in [2.05, 4.69) is 17.6 Å². The summed E-state index contributed by atoms with van der Waals surface area (Å²) in [6.07, 6.45) is 7.77. The molecule has 0 aliphatic heterocycles. The second-order valence-corrected chi connectivity index (χ2v) is 11.4. The third-order valence-corrected chi connectivity index (χ3v) is 7.11. The summed E-state index contributed by atoms with van der Waals surface area (Å²) in [6.45, 7) is 7.90. The lowest BCUT2D eigenvalue weighted by molar-refractivity contribution is -0.133. The van der Waals surface area contributed by atoms with E-state index in [1.54, 1.807) is 39.2 Å². The van der Waals surface area contributed by atoms with E-state index >= 15 is 0 Å². The monoisotopic (exact) mass is 563 g/mol. The Labute approximate surface area is 241 Å². The number of aliphatic hydroxyl groups is 1. The Morgan fingerprint density at radius 3 is 2.30 bits per heavy atom. The van der Waals surface area contributed by atoms with Gasteiger partial charge in [0.05, 0.1) is 26.4 Å². The largest absolute Gasteiger partial charge is 0.497 e. The summed E-state index contributed by atoms with van der Waals surface area (Å²) in [4.78, 5) is 40.3. The molecule has 0 bridgehead atoms. The number of amides is 3. The van der Waals surface area contributed by atoms with Crippen LogP contribution in [0.15, 0.2) is 18.2 Å². The molecule has 2 unspecified atom stereocenters. The first kappa shape index (κ1) is 35.2. The van der Waals surface area contributed by atoms with Crippen LogP contribution in [0.2, 0.25) is 0 Å². The highest BCUT2D eigenvalue weighted by Crippen LogP contribution is 2.26. The number of carbonyl (C=O) groups excluding carboxylic acids is 3. The summed E-state index contributed by atoms with van der Waals surface area (Å²) in [7, 11) is 4.86. The Morgan fingerprint density at radius 2 is 1.70 bits per heavy atom. The topological polar surface area (TPSA) is 117 Å². The van der Waals surface area contributed by atoms with Crippen LogP contribution in [-0.2, 0) is 20.9 Å². The summed E-state index contributed by atoms with van der Waals surface area (Å²) in [5.74, 6) is 0.881. The van der Waals surface area contributed by atoms with E-state index in [0.717, 1.165) is 24.8 Å². The molecule has 1 rings (SSSR count). The van der Waals surface area contributed by atoms with Gasteiger partial charge in [-0.3, -0.25) is 14.4 Å². The highest BCUT2D eigenvalue weighted by atomic mass is 16.5. The molecule has 0 aromatic heterocycles. The van der Waals surface area contributed by atoms with Crippen molar-refractivity contribution in [2.45, 2.75) is 110 Å². The predicted molar refractivity (Wildman–Crippen MR) is 158 cm³/mol. The van der Waals surface area contributed by atoms with Crippen LogP contribution in [0.25, 0.3) is 0 Å². The van der Waals surface area contributed by atoms with Gasteiger partial charge in [-0.05, 0) is 44.2 Å². The maximum Gasteiger partial charge on any atom is 0.243 e. The summed E-state index contributed by atoms with van der Waals surface area (Å²) >= 11 is 0. The van der Waals surface area contributed by atoms with Crippen LogP contribution < -0.4 is 20.1 Å². The maximum atomic E-state index is 13.2. The van der Waals surface area contributed by atoms with E-state index in [0.29, 0.717) is 30.9 Å². The number of rotatable bonds is 20. The number of carbonyl (C=O) groups is 3. The molecule has 2 atom stereocenters. The first-order valence-electron chi connectivity index (χ1n) is 14.7.